The number of nitrogens with zero attached hydrogens (tertiary/aromatic N) is 1. The molecule has 0 saturated heterocycles. The number of sulfonamides is 1. The van der Waals surface area contributed by atoms with Crippen LogP contribution >= 0.6 is 11.3 Å². The molecule has 1 heterocycles. The predicted octanol–water partition coefficient (Wildman–Crippen LogP) is 1.07. The third-order valence-corrected chi connectivity index (χ3v) is 4.65. The van der Waals surface area contributed by atoms with E-state index in [1.165, 1.54) is 23.5 Å². The summed E-state index contributed by atoms with van der Waals surface area (Å²) < 4.78 is 40.2. The average molecular weight is 325 g/mol. The van der Waals surface area contributed by atoms with E-state index >= 15 is 0 Å². The summed E-state index contributed by atoms with van der Waals surface area (Å²) in [7, 11) is -3.79. The SMILES string of the molecule is NCC#Cc1ccc(S(=O)(=O)NCc2nccs2)cc1F. The summed E-state index contributed by atoms with van der Waals surface area (Å²) >= 11 is 1.33. The highest BCUT2D eigenvalue weighted by atomic mass is 32.2. The molecular weight excluding hydrogens is 313 g/mol. The van der Waals surface area contributed by atoms with Crippen LogP contribution in [-0.4, -0.2) is 19.9 Å². The quantitative estimate of drug-likeness (QED) is 0.824. The van der Waals surface area contributed by atoms with Crippen molar-refractivity contribution >= 4 is 21.4 Å². The van der Waals surface area contributed by atoms with Gasteiger partial charge in [0.05, 0.1) is 23.5 Å². The molecule has 0 aliphatic carbocycles. The molecule has 0 fully saturated rings. The zero-order valence-corrected chi connectivity index (χ0v) is 12.5. The van der Waals surface area contributed by atoms with Crippen LogP contribution < -0.4 is 10.5 Å². The first-order valence-electron chi connectivity index (χ1n) is 5.89. The van der Waals surface area contributed by atoms with Gasteiger partial charge in [0.25, 0.3) is 0 Å². The topological polar surface area (TPSA) is 85.1 Å². The highest BCUT2D eigenvalue weighted by Crippen LogP contribution is 2.15. The molecule has 0 aliphatic heterocycles. The fourth-order valence-corrected chi connectivity index (χ4v) is 3.14. The Bertz CT molecular complexity index is 777. The Hall–Kier alpha value is -1.79. The summed E-state index contributed by atoms with van der Waals surface area (Å²) in [6, 6.07) is 3.55. The van der Waals surface area contributed by atoms with Crippen LogP contribution in [0.1, 0.15) is 10.6 Å². The first-order valence-corrected chi connectivity index (χ1v) is 8.26. The molecule has 1 aromatic heterocycles. The Morgan fingerprint density at radius 3 is 2.86 bits per heavy atom. The molecule has 110 valence electrons. The van der Waals surface area contributed by atoms with Crippen LogP contribution in [0.25, 0.3) is 0 Å². The van der Waals surface area contributed by atoms with Crippen molar-refractivity contribution in [2.75, 3.05) is 6.54 Å². The first kappa shape index (κ1) is 15.6. The molecule has 0 saturated carbocycles. The van der Waals surface area contributed by atoms with Gasteiger partial charge in [-0.15, -0.1) is 11.3 Å². The summed E-state index contributed by atoms with van der Waals surface area (Å²) in [6.45, 7) is 0.172. The van der Waals surface area contributed by atoms with Crippen LogP contribution in [0.4, 0.5) is 4.39 Å². The third-order valence-electron chi connectivity index (χ3n) is 2.47. The van der Waals surface area contributed by atoms with Gasteiger partial charge < -0.3 is 5.73 Å². The van der Waals surface area contributed by atoms with Crippen molar-refractivity contribution in [3.8, 4) is 11.8 Å². The second-order valence-corrected chi connectivity index (χ2v) is 6.64. The molecule has 0 radical (unpaired) electrons. The molecule has 1 aromatic carbocycles. The zero-order valence-electron chi connectivity index (χ0n) is 10.8. The maximum atomic E-state index is 13.8. The molecule has 0 unspecified atom stereocenters. The van der Waals surface area contributed by atoms with Gasteiger partial charge in [-0.1, -0.05) is 11.8 Å². The van der Waals surface area contributed by atoms with Crippen molar-refractivity contribution in [3.05, 3.63) is 46.2 Å². The van der Waals surface area contributed by atoms with E-state index in [1.807, 2.05) is 0 Å². The molecule has 0 bridgehead atoms. The predicted molar refractivity (Wildman–Crippen MR) is 78.5 cm³/mol. The summed E-state index contributed by atoms with van der Waals surface area (Å²) in [6.07, 6.45) is 1.58. The van der Waals surface area contributed by atoms with Gasteiger partial charge in [-0.2, -0.15) is 0 Å². The Labute approximate surface area is 126 Å². The smallest absolute Gasteiger partial charge is 0.241 e. The minimum Gasteiger partial charge on any atom is -0.320 e. The fourth-order valence-electron chi connectivity index (χ4n) is 1.49. The van der Waals surface area contributed by atoms with E-state index in [4.69, 9.17) is 5.73 Å². The van der Waals surface area contributed by atoms with E-state index in [2.05, 4.69) is 21.5 Å². The van der Waals surface area contributed by atoms with Gasteiger partial charge >= 0.3 is 0 Å². The molecule has 3 N–H and O–H groups in total. The van der Waals surface area contributed by atoms with Gasteiger partial charge in [-0.05, 0) is 18.2 Å². The maximum Gasteiger partial charge on any atom is 0.241 e. The normalized spacial score (nSPS) is 11.0. The standard InChI is InChI=1S/C13H12FN3O2S2/c14-12-8-11(4-3-10(12)2-1-5-15)21(18,19)17-9-13-16-6-7-20-13/h3-4,6-8,17H,5,9,15H2. The lowest BCUT2D eigenvalue weighted by molar-refractivity contribution is 0.577. The number of nitrogens with two attached hydrogens (primary N) is 1. The van der Waals surface area contributed by atoms with E-state index in [-0.39, 0.29) is 23.5 Å². The van der Waals surface area contributed by atoms with Crippen molar-refractivity contribution in [2.24, 2.45) is 5.73 Å². The second kappa shape index (κ2) is 6.78. The number of aromatic nitrogens is 1. The zero-order chi connectivity index (χ0) is 15.3. The Balaban J connectivity index is 2.18. The van der Waals surface area contributed by atoms with Gasteiger partial charge in [0.2, 0.25) is 10.0 Å². The maximum absolute atomic E-state index is 13.8. The highest BCUT2D eigenvalue weighted by molar-refractivity contribution is 7.89. The summed E-state index contributed by atoms with van der Waals surface area (Å²) in [4.78, 5) is 3.81. The molecule has 0 amide bonds. The number of rotatable bonds is 4. The van der Waals surface area contributed by atoms with Crippen LogP contribution in [0.3, 0.4) is 0 Å². The van der Waals surface area contributed by atoms with Gasteiger partial charge in [0.15, 0.2) is 0 Å². The molecule has 0 atom stereocenters. The minimum absolute atomic E-state index is 0.0658. The van der Waals surface area contributed by atoms with Crippen LogP contribution in [0, 0.1) is 17.7 Å². The van der Waals surface area contributed by atoms with Crippen LogP contribution in [0.5, 0.6) is 0 Å². The minimum atomic E-state index is -3.79. The van der Waals surface area contributed by atoms with E-state index in [1.54, 1.807) is 11.6 Å². The lowest BCUT2D eigenvalue weighted by Crippen LogP contribution is -2.23. The van der Waals surface area contributed by atoms with E-state index < -0.39 is 15.8 Å². The number of hydrogen-bond acceptors (Lipinski definition) is 5. The van der Waals surface area contributed by atoms with Crippen molar-refractivity contribution in [1.29, 1.82) is 0 Å². The van der Waals surface area contributed by atoms with Gasteiger partial charge in [0, 0.05) is 11.6 Å². The molecule has 8 heteroatoms. The summed E-state index contributed by atoms with van der Waals surface area (Å²) in [5.74, 6) is 4.34. The number of benzene rings is 1. The summed E-state index contributed by atoms with van der Waals surface area (Å²) in [5.41, 5.74) is 5.32. The van der Waals surface area contributed by atoms with Gasteiger partial charge in [-0.3, -0.25) is 0 Å². The second-order valence-electron chi connectivity index (χ2n) is 3.90. The molecular formula is C13H12FN3O2S2. The molecule has 0 spiro atoms. The molecule has 2 aromatic rings. The molecule has 2 rings (SSSR count). The monoisotopic (exact) mass is 325 g/mol. The highest BCUT2D eigenvalue weighted by Gasteiger charge is 2.16. The van der Waals surface area contributed by atoms with Crippen LogP contribution in [0.15, 0.2) is 34.7 Å². The van der Waals surface area contributed by atoms with Crippen LogP contribution in [-0.2, 0) is 16.6 Å². The Morgan fingerprint density at radius 2 is 2.24 bits per heavy atom. The van der Waals surface area contributed by atoms with E-state index in [9.17, 15) is 12.8 Å². The van der Waals surface area contributed by atoms with E-state index in [0.29, 0.717) is 5.01 Å². The molecule has 0 aliphatic rings. The Morgan fingerprint density at radius 1 is 1.43 bits per heavy atom. The van der Waals surface area contributed by atoms with Gasteiger partial charge in [-0.25, -0.2) is 22.5 Å². The third kappa shape index (κ3) is 4.09. The summed E-state index contributed by atoms with van der Waals surface area (Å²) in [5, 5.41) is 2.37. The first-order chi connectivity index (χ1) is 10.0. The average Bonchev–Trinajstić information content (AvgIpc) is 2.97. The van der Waals surface area contributed by atoms with Crippen molar-refractivity contribution in [1.82, 2.24) is 9.71 Å². The van der Waals surface area contributed by atoms with Crippen molar-refractivity contribution in [2.45, 2.75) is 11.4 Å². The number of nitrogens with one attached hydrogen (secondary N) is 1. The largest absolute Gasteiger partial charge is 0.320 e. The van der Waals surface area contributed by atoms with Crippen molar-refractivity contribution < 1.29 is 12.8 Å². The lowest BCUT2D eigenvalue weighted by atomic mass is 10.2. The number of thiazole rings is 1. The van der Waals surface area contributed by atoms with E-state index in [0.717, 1.165) is 6.07 Å². The molecule has 21 heavy (non-hydrogen) atoms. The number of hydrogen-bond donors (Lipinski definition) is 2. The lowest BCUT2D eigenvalue weighted by Gasteiger charge is -2.06. The Kier molecular flexibility index (Phi) is 5.03. The number of halogens is 1. The van der Waals surface area contributed by atoms with Crippen molar-refractivity contribution in [3.63, 3.8) is 0 Å². The fraction of sp³-hybridized carbons (Fsp3) is 0.154. The van der Waals surface area contributed by atoms with Crippen LogP contribution in [0.2, 0.25) is 0 Å². The molecule has 5 nitrogen and oxygen atoms in total. The van der Waals surface area contributed by atoms with Gasteiger partial charge in [0.1, 0.15) is 10.8 Å².